The molecule has 0 amide bonds. The molecule has 5 atom stereocenters. The molecule has 222 valence electrons. The fourth-order valence-corrected chi connectivity index (χ4v) is 7.01. The first-order valence-corrected chi connectivity index (χ1v) is 16.4. The zero-order chi connectivity index (χ0) is 29.8. The van der Waals surface area contributed by atoms with Crippen molar-refractivity contribution < 1.29 is 51.2 Å². The molecule has 3 rings (SSSR count). The Bertz CT molecular complexity index is 1410. The number of rotatable bonds is 14. The summed E-state index contributed by atoms with van der Waals surface area (Å²) in [7, 11) is -14.7. The molecule has 1 aliphatic heterocycles. The van der Waals surface area contributed by atoms with Crippen LogP contribution < -0.4 is 0 Å². The largest absolute Gasteiger partial charge is 0.490 e. The average molecular weight is 625 g/mol. The Morgan fingerprint density at radius 1 is 1.25 bits per heavy atom. The van der Waals surface area contributed by atoms with Gasteiger partial charge in [0, 0.05) is 13.6 Å². The van der Waals surface area contributed by atoms with E-state index in [1.807, 2.05) is 11.9 Å². The first-order chi connectivity index (χ1) is 18.6. The lowest BCUT2D eigenvalue weighted by Gasteiger charge is -2.21. The highest BCUT2D eigenvalue weighted by Gasteiger charge is 2.49. The number of aliphatic imine (C=N–C) groups is 1. The zero-order valence-electron chi connectivity index (χ0n) is 21.7. The van der Waals surface area contributed by atoms with Crippen molar-refractivity contribution in [3.05, 3.63) is 18.2 Å². The number of hydrogen-bond donors (Lipinski definition) is 4. The normalized spacial score (nSPS) is 24.6. The van der Waals surface area contributed by atoms with Crippen LogP contribution in [0, 0.1) is 16.7 Å². The molecule has 4 N–H and O–H groups in total. The van der Waals surface area contributed by atoms with E-state index >= 15 is 0 Å². The Kier molecular flexibility index (Phi) is 10.4. The summed E-state index contributed by atoms with van der Waals surface area (Å²) < 4.78 is 53.8. The quantitative estimate of drug-likeness (QED) is 0.102. The second-order valence-corrected chi connectivity index (χ2v) is 13.6. The van der Waals surface area contributed by atoms with Gasteiger partial charge in [-0.05, 0) is 19.8 Å². The van der Waals surface area contributed by atoms with Crippen molar-refractivity contribution in [1.82, 2.24) is 24.5 Å². The van der Waals surface area contributed by atoms with Crippen molar-refractivity contribution in [1.29, 1.82) is 5.26 Å². The van der Waals surface area contributed by atoms with E-state index < -0.39 is 47.7 Å². The first-order valence-electron chi connectivity index (χ1n) is 11.9. The number of phosphoric ester groups is 1. The standard InChI is InChI=1S/C19H30N7O11P3/c1-4-5-6-7-25(3)13-23-17-18-21-9-15(26(18)24-12-22-17)16-19(2,11-20)8-14(35-16)10-34-39(30,31)37-40(32,33)36-38(27,28)29/h9,12-14,16H,4-8,10H2,1-3H3,(H,30,31)(H,32,33)(H2,27,28,29)/b23-13-/t14-,16-,19-/m0/s1. The van der Waals surface area contributed by atoms with Gasteiger partial charge in [-0.15, -0.1) is 0 Å². The molecule has 2 aromatic rings. The topological polar surface area (TPSA) is 252 Å². The molecule has 2 unspecified atom stereocenters. The van der Waals surface area contributed by atoms with Crippen LogP contribution in [-0.2, 0) is 31.6 Å². The van der Waals surface area contributed by atoms with E-state index in [1.165, 1.54) is 17.0 Å². The summed E-state index contributed by atoms with van der Waals surface area (Å²) in [5.74, 6) is 0.282. The number of hydrogen-bond acceptors (Lipinski definition) is 12. The van der Waals surface area contributed by atoms with E-state index in [-0.39, 0.29) is 12.2 Å². The van der Waals surface area contributed by atoms with E-state index in [0.717, 1.165) is 25.8 Å². The number of fused-ring (bicyclic) bond motifs is 1. The summed E-state index contributed by atoms with van der Waals surface area (Å²) in [6, 6.07) is 2.16. The molecule has 0 spiro atoms. The van der Waals surface area contributed by atoms with Crippen LogP contribution in [0.3, 0.4) is 0 Å². The predicted molar refractivity (Wildman–Crippen MR) is 137 cm³/mol. The van der Waals surface area contributed by atoms with Crippen molar-refractivity contribution in [2.45, 2.75) is 51.7 Å². The number of imidazole rings is 1. The lowest BCUT2D eigenvalue weighted by Crippen LogP contribution is -2.20. The maximum absolute atomic E-state index is 12.1. The maximum Gasteiger partial charge on any atom is 0.490 e. The van der Waals surface area contributed by atoms with Gasteiger partial charge in [-0.3, -0.25) is 4.52 Å². The molecule has 0 aliphatic carbocycles. The fraction of sp³-hybridized carbons (Fsp3) is 0.632. The number of nitriles is 1. The van der Waals surface area contributed by atoms with Gasteiger partial charge in [0.15, 0.2) is 5.65 Å². The van der Waals surface area contributed by atoms with E-state index in [9.17, 15) is 28.7 Å². The van der Waals surface area contributed by atoms with Crippen LogP contribution >= 0.6 is 23.5 Å². The van der Waals surface area contributed by atoms with Crippen molar-refractivity contribution in [2.24, 2.45) is 10.4 Å². The molecule has 0 aromatic carbocycles. The van der Waals surface area contributed by atoms with Gasteiger partial charge in [0.1, 0.15) is 12.4 Å². The molecule has 21 heteroatoms. The van der Waals surface area contributed by atoms with Crippen molar-refractivity contribution in [3.63, 3.8) is 0 Å². The molecule has 0 saturated carbocycles. The summed E-state index contributed by atoms with van der Waals surface area (Å²) in [6.45, 7) is 3.83. The lowest BCUT2D eigenvalue weighted by atomic mass is 9.82. The van der Waals surface area contributed by atoms with Crippen molar-refractivity contribution in [2.75, 3.05) is 20.2 Å². The molecule has 3 heterocycles. The highest BCUT2D eigenvalue weighted by Crippen LogP contribution is 2.66. The van der Waals surface area contributed by atoms with Gasteiger partial charge in [0.05, 0.1) is 42.4 Å². The van der Waals surface area contributed by atoms with Gasteiger partial charge in [-0.25, -0.2) is 33.2 Å². The van der Waals surface area contributed by atoms with Gasteiger partial charge in [-0.1, -0.05) is 19.8 Å². The molecule has 1 fully saturated rings. The summed E-state index contributed by atoms with van der Waals surface area (Å²) in [4.78, 5) is 51.1. The minimum atomic E-state index is -5.67. The van der Waals surface area contributed by atoms with Crippen LogP contribution in [-0.4, -0.2) is 76.7 Å². The predicted octanol–water partition coefficient (Wildman–Crippen LogP) is 2.61. The fourth-order valence-electron chi connectivity index (χ4n) is 3.96. The van der Waals surface area contributed by atoms with Crippen LogP contribution in [0.4, 0.5) is 5.82 Å². The van der Waals surface area contributed by atoms with E-state index in [2.05, 4.69) is 46.2 Å². The van der Waals surface area contributed by atoms with Gasteiger partial charge in [0.2, 0.25) is 5.82 Å². The minimum absolute atomic E-state index is 0.00415. The molecular formula is C19H30N7O11P3. The molecule has 40 heavy (non-hydrogen) atoms. The SMILES string of the molecule is CCCCCN(C)/C=N\c1ncnn2c([C@@H]3O[C@H](COP(=O)(O)OP(=O)(O)OP(=O)(O)O)C[C@@]3(C)C#N)cnc12. The number of phosphoric acid groups is 3. The lowest BCUT2D eigenvalue weighted by molar-refractivity contribution is -0.00419. The van der Waals surface area contributed by atoms with E-state index in [1.54, 1.807) is 13.3 Å². The third kappa shape index (κ3) is 8.69. The van der Waals surface area contributed by atoms with Gasteiger partial charge < -0.3 is 29.2 Å². The van der Waals surface area contributed by atoms with Crippen LogP contribution in [0.1, 0.15) is 51.3 Å². The Labute approximate surface area is 229 Å². The smallest absolute Gasteiger partial charge is 0.366 e. The third-order valence-corrected chi connectivity index (χ3v) is 9.53. The van der Waals surface area contributed by atoms with Crippen LogP contribution in [0.5, 0.6) is 0 Å². The third-order valence-electron chi connectivity index (χ3n) is 5.73. The summed E-state index contributed by atoms with van der Waals surface area (Å²) in [5.41, 5.74) is -0.514. The second-order valence-electron chi connectivity index (χ2n) is 9.19. The number of nitrogens with zero attached hydrogens (tertiary/aromatic N) is 7. The highest BCUT2D eigenvalue weighted by atomic mass is 31.3. The number of ether oxygens (including phenoxy) is 1. The molecule has 1 aliphatic rings. The molecule has 0 radical (unpaired) electrons. The highest BCUT2D eigenvalue weighted by molar-refractivity contribution is 7.66. The molecular weight excluding hydrogens is 595 g/mol. The van der Waals surface area contributed by atoms with Gasteiger partial charge >= 0.3 is 23.5 Å². The summed E-state index contributed by atoms with van der Waals surface area (Å²) >= 11 is 0. The molecule has 0 bridgehead atoms. The Hall–Kier alpha value is -2.12. The molecule has 2 aromatic heterocycles. The average Bonchev–Trinajstić information content (AvgIpc) is 3.40. The van der Waals surface area contributed by atoms with Crippen LogP contribution in [0.2, 0.25) is 0 Å². The van der Waals surface area contributed by atoms with Crippen LogP contribution in [0.15, 0.2) is 17.5 Å². The number of aromatic nitrogens is 4. The second kappa shape index (κ2) is 12.8. The van der Waals surface area contributed by atoms with Crippen molar-refractivity contribution >= 4 is 41.3 Å². The summed E-state index contributed by atoms with van der Waals surface area (Å²) in [6.07, 6.45) is 5.63. The van der Waals surface area contributed by atoms with Gasteiger partial charge in [0.25, 0.3) is 0 Å². The summed E-state index contributed by atoms with van der Waals surface area (Å²) in [5, 5.41) is 14.1. The molecule has 18 nitrogen and oxygen atoms in total. The Morgan fingerprint density at radius 2 is 1.98 bits per heavy atom. The van der Waals surface area contributed by atoms with E-state index in [4.69, 9.17) is 14.5 Å². The number of unbranched alkanes of at least 4 members (excludes halogenated alkanes) is 2. The van der Waals surface area contributed by atoms with Gasteiger partial charge in [-0.2, -0.15) is 19.0 Å². The Balaban J connectivity index is 1.74. The Morgan fingerprint density at radius 3 is 2.62 bits per heavy atom. The van der Waals surface area contributed by atoms with Crippen molar-refractivity contribution in [3.8, 4) is 6.07 Å². The van der Waals surface area contributed by atoms with Crippen LogP contribution in [0.25, 0.3) is 5.65 Å². The monoisotopic (exact) mass is 625 g/mol. The zero-order valence-corrected chi connectivity index (χ0v) is 24.4. The molecule has 1 saturated heterocycles. The van der Waals surface area contributed by atoms with E-state index in [0.29, 0.717) is 11.3 Å². The minimum Gasteiger partial charge on any atom is -0.366 e. The first kappa shape index (κ1) is 32.4. The maximum atomic E-state index is 12.1.